The highest BCUT2D eigenvalue weighted by atomic mass is 32.3. The van der Waals surface area contributed by atoms with Gasteiger partial charge in [-0.15, -0.1) is 23.5 Å². The molecular weight excluding hydrogens is 324 g/mol. The fourth-order valence-corrected chi connectivity index (χ4v) is 8.22. The first-order chi connectivity index (χ1) is 10.7. The van der Waals surface area contributed by atoms with Gasteiger partial charge in [0.15, 0.2) is 0 Å². The van der Waals surface area contributed by atoms with Crippen molar-refractivity contribution in [1.29, 1.82) is 0 Å². The first kappa shape index (κ1) is 15.8. The lowest BCUT2D eigenvalue weighted by Gasteiger charge is -2.37. The Morgan fingerprint density at radius 1 is 1.14 bits per heavy atom. The highest BCUT2D eigenvalue weighted by molar-refractivity contribution is 8.29. The molecule has 120 valence electrons. The van der Waals surface area contributed by atoms with Crippen molar-refractivity contribution in [3.8, 4) is 0 Å². The van der Waals surface area contributed by atoms with E-state index >= 15 is 0 Å². The van der Waals surface area contributed by atoms with Crippen molar-refractivity contribution in [1.82, 2.24) is 0 Å². The molecule has 1 heterocycles. The molecule has 0 N–H and O–H groups in total. The van der Waals surface area contributed by atoms with E-state index in [0.717, 1.165) is 11.8 Å². The van der Waals surface area contributed by atoms with Gasteiger partial charge < -0.3 is 0 Å². The minimum Gasteiger partial charge on any atom is -0.150 e. The van der Waals surface area contributed by atoms with E-state index in [4.69, 9.17) is 12.6 Å². The Morgan fingerprint density at radius 3 is 2.73 bits per heavy atom. The predicted molar refractivity (Wildman–Crippen MR) is 105 cm³/mol. The molecule has 0 radical (unpaired) electrons. The average Bonchev–Trinajstić information content (AvgIpc) is 2.92. The van der Waals surface area contributed by atoms with Crippen molar-refractivity contribution in [2.45, 2.75) is 60.7 Å². The standard InChI is InChI=1S/C19H26S3/c1-13(19(20)21-9-4-10-22-19)14-7-8-18-16(11-14)12-15-5-2-3-6-17(15)18/h7-8,11,13,15,17,20H,2-6,9-10,12H2,1H3/t13-,15-,17+/m1/s1. The summed E-state index contributed by atoms with van der Waals surface area (Å²) in [5.41, 5.74) is 4.84. The monoisotopic (exact) mass is 350 g/mol. The van der Waals surface area contributed by atoms with Crippen molar-refractivity contribution >= 4 is 36.2 Å². The summed E-state index contributed by atoms with van der Waals surface area (Å²) in [6.07, 6.45) is 8.43. The van der Waals surface area contributed by atoms with Crippen LogP contribution in [0.15, 0.2) is 18.2 Å². The summed E-state index contributed by atoms with van der Waals surface area (Å²) in [5.74, 6) is 4.85. The van der Waals surface area contributed by atoms with Gasteiger partial charge in [-0.25, -0.2) is 0 Å². The number of thioether (sulfide) groups is 2. The third-order valence-corrected chi connectivity index (χ3v) is 10.3. The Hall–Kier alpha value is 0.270. The largest absolute Gasteiger partial charge is 0.150 e. The second-order valence-electron chi connectivity index (χ2n) is 7.22. The first-order valence-corrected chi connectivity index (χ1v) is 11.2. The van der Waals surface area contributed by atoms with Crippen molar-refractivity contribution in [3.63, 3.8) is 0 Å². The lowest BCUT2D eigenvalue weighted by Crippen LogP contribution is -2.25. The van der Waals surface area contributed by atoms with E-state index < -0.39 is 0 Å². The van der Waals surface area contributed by atoms with E-state index in [0.29, 0.717) is 5.92 Å². The van der Waals surface area contributed by atoms with Crippen LogP contribution in [-0.2, 0) is 6.42 Å². The summed E-state index contributed by atoms with van der Waals surface area (Å²) in [6.45, 7) is 2.38. The quantitative estimate of drug-likeness (QED) is 0.642. The summed E-state index contributed by atoms with van der Waals surface area (Å²) in [4.78, 5) is 0. The zero-order valence-corrected chi connectivity index (χ0v) is 15.9. The maximum Gasteiger partial charge on any atom is 0.110 e. The number of fused-ring (bicyclic) bond motifs is 3. The molecule has 0 bridgehead atoms. The van der Waals surface area contributed by atoms with E-state index in [9.17, 15) is 0 Å². The summed E-state index contributed by atoms with van der Waals surface area (Å²) in [7, 11) is 0. The fourth-order valence-electron chi connectivity index (χ4n) is 4.58. The zero-order chi connectivity index (χ0) is 15.2. The third-order valence-electron chi connectivity index (χ3n) is 5.91. The van der Waals surface area contributed by atoms with E-state index in [1.807, 2.05) is 23.5 Å². The van der Waals surface area contributed by atoms with Crippen molar-refractivity contribution in [2.75, 3.05) is 11.5 Å². The predicted octanol–water partition coefficient (Wildman–Crippen LogP) is 6.07. The molecule has 1 saturated heterocycles. The molecule has 1 aliphatic heterocycles. The molecule has 1 saturated carbocycles. The molecule has 2 aliphatic carbocycles. The molecule has 1 aromatic rings. The van der Waals surface area contributed by atoms with E-state index in [1.54, 1.807) is 11.1 Å². The minimum atomic E-state index is 0.0673. The Kier molecular flexibility index (Phi) is 4.51. The van der Waals surface area contributed by atoms with E-state index in [1.165, 1.54) is 55.6 Å². The van der Waals surface area contributed by atoms with Crippen LogP contribution in [0, 0.1) is 5.92 Å². The van der Waals surface area contributed by atoms with Gasteiger partial charge in [-0.1, -0.05) is 38.0 Å². The first-order valence-electron chi connectivity index (χ1n) is 8.80. The molecular formula is C19H26S3. The molecule has 0 aromatic heterocycles. The van der Waals surface area contributed by atoms with Crippen LogP contribution in [0.25, 0.3) is 0 Å². The topological polar surface area (TPSA) is 0 Å². The Balaban J connectivity index is 1.59. The lowest BCUT2D eigenvalue weighted by atomic mass is 9.80. The summed E-state index contributed by atoms with van der Waals surface area (Å²) in [6, 6.07) is 7.41. The van der Waals surface area contributed by atoms with Crippen LogP contribution >= 0.6 is 36.2 Å². The van der Waals surface area contributed by atoms with E-state index in [2.05, 4.69) is 25.1 Å². The lowest BCUT2D eigenvalue weighted by molar-refractivity contribution is 0.330. The van der Waals surface area contributed by atoms with Crippen molar-refractivity contribution in [2.24, 2.45) is 5.92 Å². The fraction of sp³-hybridized carbons (Fsp3) is 0.684. The molecule has 0 nitrogen and oxygen atoms in total. The molecule has 3 heteroatoms. The number of thiol groups is 1. The highest BCUT2D eigenvalue weighted by Crippen LogP contribution is 2.54. The molecule has 2 fully saturated rings. The average molecular weight is 351 g/mol. The second-order valence-corrected chi connectivity index (χ2v) is 11.5. The Bertz CT molecular complexity index is 548. The van der Waals surface area contributed by atoms with Crippen LogP contribution in [-0.4, -0.2) is 14.9 Å². The Morgan fingerprint density at radius 2 is 1.91 bits per heavy atom. The number of hydrogen-bond donors (Lipinski definition) is 1. The molecule has 3 atom stereocenters. The minimum absolute atomic E-state index is 0.0673. The zero-order valence-electron chi connectivity index (χ0n) is 13.4. The molecule has 3 aliphatic rings. The van der Waals surface area contributed by atoms with Gasteiger partial charge >= 0.3 is 0 Å². The summed E-state index contributed by atoms with van der Waals surface area (Å²) >= 11 is 9.17. The SMILES string of the molecule is C[C@H](c1ccc2c(c1)C[C@H]1CCCC[C@H]21)C1(S)SCCCS1. The van der Waals surface area contributed by atoms with Gasteiger partial charge in [0, 0.05) is 5.92 Å². The van der Waals surface area contributed by atoms with Gasteiger partial charge in [0.2, 0.25) is 0 Å². The van der Waals surface area contributed by atoms with Gasteiger partial charge in [-0.05, 0) is 65.7 Å². The van der Waals surface area contributed by atoms with Gasteiger partial charge in [0.25, 0.3) is 0 Å². The molecule has 4 rings (SSSR count). The number of rotatable bonds is 2. The molecule has 0 amide bonds. The molecule has 0 spiro atoms. The Labute approximate surface area is 149 Å². The third kappa shape index (κ3) is 2.75. The number of benzene rings is 1. The van der Waals surface area contributed by atoms with Crippen molar-refractivity contribution < 1.29 is 0 Å². The smallest absolute Gasteiger partial charge is 0.110 e. The van der Waals surface area contributed by atoms with Crippen LogP contribution < -0.4 is 0 Å². The van der Waals surface area contributed by atoms with Crippen LogP contribution in [0.1, 0.15) is 67.6 Å². The molecule has 0 unspecified atom stereocenters. The molecule has 22 heavy (non-hydrogen) atoms. The second kappa shape index (κ2) is 6.29. The number of hydrogen-bond acceptors (Lipinski definition) is 3. The maximum absolute atomic E-state index is 5.07. The normalized spacial score (nSPS) is 31.4. The van der Waals surface area contributed by atoms with Gasteiger partial charge in [0.1, 0.15) is 3.41 Å². The van der Waals surface area contributed by atoms with Crippen LogP contribution in [0.4, 0.5) is 0 Å². The van der Waals surface area contributed by atoms with Gasteiger partial charge in [-0.3, -0.25) is 0 Å². The van der Waals surface area contributed by atoms with Gasteiger partial charge in [-0.2, -0.15) is 12.6 Å². The van der Waals surface area contributed by atoms with Crippen molar-refractivity contribution in [3.05, 3.63) is 34.9 Å². The van der Waals surface area contributed by atoms with Gasteiger partial charge in [0.05, 0.1) is 0 Å². The summed E-state index contributed by atoms with van der Waals surface area (Å²) < 4.78 is 0.0673. The van der Waals surface area contributed by atoms with Crippen LogP contribution in [0.2, 0.25) is 0 Å². The molecule has 1 aromatic carbocycles. The highest BCUT2D eigenvalue weighted by Gasteiger charge is 2.38. The van der Waals surface area contributed by atoms with E-state index in [-0.39, 0.29) is 3.41 Å². The summed E-state index contributed by atoms with van der Waals surface area (Å²) in [5, 5.41) is 0. The van der Waals surface area contributed by atoms with Crippen LogP contribution in [0.5, 0.6) is 0 Å². The maximum atomic E-state index is 5.07. The van der Waals surface area contributed by atoms with Crippen LogP contribution in [0.3, 0.4) is 0 Å².